The fourth-order valence-corrected chi connectivity index (χ4v) is 2.96. The molecule has 218 valence electrons. The average molecular weight is 518 g/mol. The molecule has 0 aromatic heterocycles. The third-order valence-electron chi connectivity index (χ3n) is 4.74. The van der Waals surface area contributed by atoms with Crippen molar-refractivity contribution in [2.75, 3.05) is 12.4 Å². The molecule has 1 atom stereocenters. The van der Waals surface area contributed by atoms with Crippen molar-refractivity contribution in [2.45, 2.75) is 136 Å². The van der Waals surface area contributed by atoms with E-state index in [1.165, 1.54) is 36.8 Å². The largest absolute Gasteiger partial charge is 0.359 e. The zero-order valence-corrected chi connectivity index (χ0v) is 27.0. The second kappa shape index (κ2) is 33.8. The molecule has 0 amide bonds. The highest BCUT2D eigenvalue weighted by Crippen LogP contribution is 2.13. The minimum absolute atomic E-state index is 0. The first-order valence-corrected chi connectivity index (χ1v) is 14.4. The fourth-order valence-electron chi connectivity index (χ4n) is 2.96. The Hall–Kier alpha value is -2.16. The maximum Gasteiger partial charge on any atom is 0.0422 e. The minimum Gasteiger partial charge on any atom is -0.359 e. The molecule has 0 spiro atoms. The lowest BCUT2D eigenvalue weighted by Crippen LogP contribution is -1.99. The molecule has 0 aliphatic rings. The van der Waals surface area contributed by atoms with Crippen molar-refractivity contribution in [3.63, 3.8) is 0 Å². The van der Waals surface area contributed by atoms with Gasteiger partial charge in [-0.3, -0.25) is 9.98 Å². The summed E-state index contributed by atoms with van der Waals surface area (Å²) in [6.45, 7) is 29.4. The van der Waals surface area contributed by atoms with Crippen LogP contribution in [0.4, 0.5) is 5.69 Å². The van der Waals surface area contributed by atoms with Crippen molar-refractivity contribution < 1.29 is 0 Å². The van der Waals surface area contributed by atoms with Crippen LogP contribution in [0.3, 0.4) is 0 Å². The first-order valence-electron chi connectivity index (χ1n) is 14.4. The van der Waals surface area contributed by atoms with Crippen molar-refractivity contribution in [3.05, 3.63) is 52.9 Å². The SMILES string of the molecule is C.CC.CC.CCC.CCCC(C)CC.CC\C(C=NC)=C(C)/N=C(C)\C=C(/C)Nc1cccc(C)c1. The van der Waals surface area contributed by atoms with Crippen molar-refractivity contribution >= 4 is 17.6 Å². The van der Waals surface area contributed by atoms with Gasteiger partial charge in [-0.1, -0.05) is 114 Å². The summed E-state index contributed by atoms with van der Waals surface area (Å²) in [6, 6.07) is 8.33. The molecule has 1 aromatic carbocycles. The smallest absolute Gasteiger partial charge is 0.0422 e. The predicted octanol–water partition coefficient (Wildman–Crippen LogP) is 12.1. The van der Waals surface area contributed by atoms with E-state index in [-0.39, 0.29) is 7.43 Å². The van der Waals surface area contributed by atoms with Crippen molar-refractivity contribution in [2.24, 2.45) is 15.9 Å². The van der Waals surface area contributed by atoms with E-state index in [1.54, 1.807) is 7.05 Å². The standard InChI is InChI=1S/C19H27N3.C7H16.C3H8.2C2H6.CH4/c1-7-18(13-20-6)17(5)21-15(3)12-16(4)22-19-10-8-9-14(2)11-19;1-4-6-7(3)5-2;1-3-2;2*1-2;/h8-13,22H,7H2,1-6H3;7H,4-6H2,1-3H3;3H2,1-2H3;2*1-2H3;1H4/b16-12+,18-17+,20-13?,21-15-;;;;;. The number of allylic oxidation sites excluding steroid dienone is 4. The van der Waals surface area contributed by atoms with E-state index in [0.29, 0.717) is 0 Å². The van der Waals surface area contributed by atoms with Gasteiger partial charge in [0.1, 0.15) is 0 Å². The molecule has 0 heterocycles. The number of hydrogen-bond acceptors (Lipinski definition) is 3. The molecule has 0 saturated carbocycles. The van der Waals surface area contributed by atoms with Gasteiger partial charge in [-0.2, -0.15) is 0 Å². The van der Waals surface area contributed by atoms with E-state index in [1.807, 2.05) is 47.8 Å². The number of nitrogens with zero attached hydrogens (tertiary/aromatic N) is 2. The number of rotatable bonds is 9. The molecule has 1 aromatic rings. The zero-order valence-electron chi connectivity index (χ0n) is 27.0. The topological polar surface area (TPSA) is 36.8 Å². The number of nitrogens with one attached hydrogen (secondary N) is 1. The summed E-state index contributed by atoms with van der Waals surface area (Å²) in [7, 11) is 1.79. The Balaban J connectivity index is -0.000000190. The molecule has 1 N–H and O–H groups in total. The van der Waals surface area contributed by atoms with Gasteiger partial charge in [-0.05, 0) is 69.4 Å². The third kappa shape index (κ3) is 30.0. The van der Waals surface area contributed by atoms with Gasteiger partial charge < -0.3 is 5.32 Å². The monoisotopic (exact) mass is 518 g/mol. The Morgan fingerprint density at radius 2 is 1.51 bits per heavy atom. The summed E-state index contributed by atoms with van der Waals surface area (Å²) in [6.07, 6.45) is 10.2. The normalized spacial score (nSPS) is 12.0. The van der Waals surface area contributed by atoms with Crippen LogP contribution < -0.4 is 5.32 Å². The molecule has 0 bridgehead atoms. The maximum atomic E-state index is 4.65. The summed E-state index contributed by atoms with van der Waals surface area (Å²) in [5.41, 5.74) is 6.58. The van der Waals surface area contributed by atoms with Crippen LogP contribution in [-0.4, -0.2) is 19.0 Å². The Kier molecular flexibility index (Phi) is 41.0. The quantitative estimate of drug-likeness (QED) is 0.325. The first kappa shape index (κ1) is 44.8. The van der Waals surface area contributed by atoms with Crippen LogP contribution in [0.5, 0.6) is 0 Å². The number of benzene rings is 1. The summed E-state index contributed by atoms with van der Waals surface area (Å²) >= 11 is 0. The number of aryl methyl sites for hydroxylation is 1. The van der Waals surface area contributed by atoms with Gasteiger partial charge in [0.05, 0.1) is 0 Å². The molecule has 37 heavy (non-hydrogen) atoms. The molecule has 0 aliphatic heterocycles. The zero-order chi connectivity index (χ0) is 28.9. The predicted molar refractivity (Wildman–Crippen MR) is 179 cm³/mol. The van der Waals surface area contributed by atoms with Crippen LogP contribution in [0.15, 0.2) is 57.3 Å². The van der Waals surface area contributed by atoms with Crippen molar-refractivity contribution in [3.8, 4) is 0 Å². The number of anilines is 1. The van der Waals surface area contributed by atoms with Crippen LogP contribution in [0.2, 0.25) is 0 Å². The molecule has 1 unspecified atom stereocenters. The first-order chi connectivity index (χ1) is 17.2. The van der Waals surface area contributed by atoms with Gasteiger partial charge in [0, 0.05) is 36.1 Å². The second-order valence-electron chi connectivity index (χ2n) is 8.44. The number of aliphatic imine (C=N–C) groups is 2. The Bertz CT molecular complexity index is 724. The highest BCUT2D eigenvalue weighted by molar-refractivity contribution is 5.95. The van der Waals surface area contributed by atoms with E-state index in [9.17, 15) is 0 Å². The molecule has 0 fully saturated rings. The van der Waals surface area contributed by atoms with E-state index >= 15 is 0 Å². The Morgan fingerprint density at radius 3 is 1.89 bits per heavy atom. The number of hydrogen-bond donors (Lipinski definition) is 1. The third-order valence-corrected chi connectivity index (χ3v) is 4.74. The molecule has 1 rings (SSSR count). The molecule has 0 radical (unpaired) electrons. The van der Waals surface area contributed by atoms with Crippen molar-refractivity contribution in [1.29, 1.82) is 0 Å². The second-order valence-corrected chi connectivity index (χ2v) is 8.44. The highest BCUT2D eigenvalue weighted by Gasteiger charge is 1.98. The van der Waals surface area contributed by atoms with Crippen molar-refractivity contribution in [1.82, 2.24) is 0 Å². The van der Waals surface area contributed by atoms with Crippen LogP contribution in [0.25, 0.3) is 0 Å². The van der Waals surface area contributed by atoms with Gasteiger partial charge in [0.15, 0.2) is 0 Å². The Morgan fingerprint density at radius 1 is 0.973 bits per heavy atom. The fraction of sp³-hybridized carbons (Fsp3) is 0.647. The molecular formula is C34H67N3. The molecular weight excluding hydrogens is 450 g/mol. The van der Waals surface area contributed by atoms with Crippen LogP contribution in [0.1, 0.15) is 135 Å². The van der Waals surface area contributed by atoms with Gasteiger partial charge in [0.25, 0.3) is 0 Å². The average Bonchev–Trinajstić information content (AvgIpc) is 2.85. The summed E-state index contributed by atoms with van der Waals surface area (Å²) in [5.74, 6) is 0.949. The van der Waals surface area contributed by atoms with E-state index < -0.39 is 0 Å². The molecule has 0 saturated heterocycles. The maximum absolute atomic E-state index is 4.65. The van der Waals surface area contributed by atoms with Gasteiger partial charge in [-0.25, -0.2) is 0 Å². The summed E-state index contributed by atoms with van der Waals surface area (Å²) in [4.78, 5) is 8.73. The summed E-state index contributed by atoms with van der Waals surface area (Å²) < 4.78 is 0. The van der Waals surface area contributed by atoms with Gasteiger partial charge in [-0.15, -0.1) is 0 Å². The lowest BCUT2D eigenvalue weighted by atomic mass is 10.0. The lowest BCUT2D eigenvalue weighted by Gasteiger charge is -2.08. The molecule has 3 heteroatoms. The minimum atomic E-state index is 0. The molecule has 3 nitrogen and oxygen atoms in total. The Labute approximate surface area is 235 Å². The molecule has 0 aliphatic carbocycles. The van der Waals surface area contributed by atoms with E-state index in [4.69, 9.17) is 0 Å². The van der Waals surface area contributed by atoms with E-state index in [2.05, 4.69) is 101 Å². The summed E-state index contributed by atoms with van der Waals surface area (Å²) in [5, 5.41) is 3.39. The van der Waals surface area contributed by atoms with E-state index in [0.717, 1.165) is 35.1 Å². The lowest BCUT2D eigenvalue weighted by molar-refractivity contribution is 0.509. The van der Waals surface area contributed by atoms with Gasteiger partial charge >= 0.3 is 0 Å². The van der Waals surface area contributed by atoms with Gasteiger partial charge in [0.2, 0.25) is 0 Å². The van der Waals surface area contributed by atoms with Crippen LogP contribution in [0, 0.1) is 12.8 Å². The highest BCUT2D eigenvalue weighted by atomic mass is 14.9. The van der Waals surface area contributed by atoms with Crippen LogP contribution in [-0.2, 0) is 0 Å². The van der Waals surface area contributed by atoms with Crippen LogP contribution >= 0.6 is 0 Å².